The molecule has 2 heterocycles. The number of nitrogens with zero attached hydrogens (tertiary/aromatic N) is 3. The maximum atomic E-state index is 12.8. The lowest BCUT2D eigenvalue weighted by Crippen LogP contribution is -2.48. The molecule has 1 aliphatic rings. The van der Waals surface area contributed by atoms with Gasteiger partial charge in [0.15, 0.2) is 0 Å². The van der Waals surface area contributed by atoms with Gasteiger partial charge < -0.3 is 10.2 Å². The number of carbonyl (C=O) groups is 2. The Kier molecular flexibility index (Phi) is 4.37. The highest BCUT2D eigenvalue weighted by Gasteiger charge is 2.38. The number of hydrogen-bond donors (Lipinski definition) is 1. The third kappa shape index (κ3) is 3.29. The molecule has 1 saturated heterocycles. The van der Waals surface area contributed by atoms with E-state index in [0.717, 1.165) is 16.8 Å². The molecule has 1 N–H and O–H groups in total. The molecular weight excluding hydrogens is 316 g/mol. The Morgan fingerprint density at radius 1 is 1.28 bits per heavy atom. The fraction of sp³-hybridized carbons (Fsp3) is 0.421. The maximum absolute atomic E-state index is 12.8. The van der Waals surface area contributed by atoms with Gasteiger partial charge in [-0.05, 0) is 32.8 Å². The van der Waals surface area contributed by atoms with Gasteiger partial charge >= 0.3 is 0 Å². The summed E-state index contributed by atoms with van der Waals surface area (Å²) >= 11 is 0. The molecule has 2 amide bonds. The number of anilines is 1. The minimum atomic E-state index is -0.699. The van der Waals surface area contributed by atoms with Gasteiger partial charge in [0.25, 0.3) is 0 Å². The fourth-order valence-electron chi connectivity index (χ4n) is 3.06. The molecule has 1 aromatic heterocycles. The third-order valence-electron chi connectivity index (χ3n) is 4.85. The first-order valence-electron chi connectivity index (χ1n) is 8.47. The first-order valence-corrected chi connectivity index (χ1v) is 8.47. The minimum absolute atomic E-state index is 0.0824. The predicted molar refractivity (Wildman–Crippen MR) is 96.3 cm³/mol. The molecule has 132 valence electrons. The molecule has 1 aliphatic heterocycles. The van der Waals surface area contributed by atoms with Crippen molar-refractivity contribution in [3.05, 3.63) is 47.8 Å². The molecule has 1 unspecified atom stereocenters. The predicted octanol–water partition coefficient (Wildman–Crippen LogP) is 1.93. The number of amides is 2. The monoisotopic (exact) mass is 340 g/mol. The van der Waals surface area contributed by atoms with Crippen molar-refractivity contribution >= 4 is 17.5 Å². The van der Waals surface area contributed by atoms with E-state index in [1.165, 1.54) is 0 Å². The minimum Gasteiger partial charge on any atom is -0.343 e. The molecule has 6 heteroatoms. The summed E-state index contributed by atoms with van der Waals surface area (Å²) in [5.74, 6) is -0.219. The first-order chi connectivity index (χ1) is 11.8. The van der Waals surface area contributed by atoms with E-state index >= 15 is 0 Å². The number of carbonyl (C=O) groups excluding carboxylic acids is 2. The zero-order chi connectivity index (χ0) is 18.2. The molecule has 0 spiro atoms. The van der Waals surface area contributed by atoms with E-state index in [4.69, 9.17) is 0 Å². The molecule has 0 aliphatic carbocycles. The van der Waals surface area contributed by atoms with Crippen LogP contribution in [0.2, 0.25) is 0 Å². The van der Waals surface area contributed by atoms with Crippen LogP contribution in [0.25, 0.3) is 0 Å². The quantitative estimate of drug-likeness (QED) is 0.925. The summed E-state index contributed by atoms with van der Waals surface area (Å²) < 4.78 is 1.66. The number of hydrogen-bond acceptors (Lipinski definition) is 3. The second kappa shape index (κ2) is 6.35. The van der Waals surface area contributed by atoms with Crippen molar-refractivity contribution in [2.45, 2.75) is 38.6 Å². The van der Waals surface area contributed by atoms with Crippen molar-refractivity contribution in [1.82, 2.24) is 15.1 Å². The van der Waals surface area contributed by atoms with Gasteiger partial charge in [0.05, 0.1) is 17.3 Å². The van der Waals surface area contributed by atoms with Crippen molar-refractivity contribution in [1.29, 1.82) is 0 Å². The van der Waals surface area contributed by atoms with Crippen molar-refractivity contribution in [3.8, 4) is 0 Å². The molecule has 1 aromatic carbocycles. The first kappa shape index (κ1) is 17.2. The topological polar surface area (TPSA) is 67.2 Å². The highest BCUT2D eigenvalue weighted by atomic mass is 16.2. The van der Waals surface area contributed by atoms with Crippen LogP contribution in [0.4, 0.5) is 5.69 Å². The molecule has 25 heavy (non-hydrogen) atoms. The van der Waals surface area contributed by atoms with E-state index in [2.05, 4.69) is 10.4 Å². The maximum Gasteiger partial charge on any atom is 0.249 e. The zero-order valence-electron chi connectivity index (χ0n) is 15.1. The highest BCUT2D eigenvalue weighted by molar-refractivity contribution is 6.02. The summed E-state index contributed by atoms with van der Waals surface area (Å²) in [6, 6.07) is 7.43. The number of nitrogens with one attached hydrogen (secondary N) is 1. The van der Waals surface area contributed by atoms with Gasteiger partial charge in [0.1, 0.15) is 6.04 Å². The Labute approximate surface area is 147 Å². The average Bonchev–Trinajstić information content (AvgIpc) is 3.14. The Bertz CT molecular complexity index is 792. The summed E-state index contributed by atoms with van der Waals surface area (Å²) in [4.78, 5) is 27.1. The van der Waals surface area contributed by atoms with E-state index in [0.29, 0.717) is 13.0 Å². The second-order valence-electron chi connectivity index (χ2n) is 7.17. The van der Waals surface area contributed by atoms with Gasteiger partial charge in [-0.2, -0.15) is 5.10 Å². The van der Waals surface area contributed by atoms with Gasteiger partial charge in [-0.25, -0.2) is 0 Å². The highest BCUT2D eigenvalue weighted by Crippen LogP contribution is 2.26. The third-order valence-corrected chi connectivity index (χ3v) is 4.85. The fourth-order valence-corrected chi connectivity index (χ4v) is 3.06. The summed E-state index contributed by atoms with van der Waals surface area (Å²) in [5.41, 5.74) is 2.15. The molecule has 6 nitrogen and oxygen atoms in total. The zero-order valence-corrected chi connectivity index (χ0v) is 15.1. The van der Waals surface area contributed by atoms with Crippen LogP contribution in [-0.4, -0.2) is 34.2 Å². The Morgan fingerprint density at radius 3 is 2.56 bits per heavy atom. The molecular formula is C19H24N4O2. The lowest BCUT2D eigenvalue weighted by molar-refractivity contribution is -0.129. The van der Waals surface area contributed by atoms with Gasteiger partial charge in [0, 0.05) is 19.8 Å². The van der Waals surface area contributed by atoms with Crippen molar-refractivity contribution in [2.75, 3.05) is 11.4 Å². The van der Waals surface area contributed by atoms with E-state index in [9.17, 15) is 9.59 Å². The largest absolute Gasteiger partial charge is 0.343 e. The second-order valence-corrected chi connectivity index (χ2v) is 7.17. The molecule has 1 atom stereocenters. The summed E-state index contributed by atoms with van der Waals surface area (Å²) in [6.07, 6.45) is 4.07. The van der Waals surface area contributed by atoms with E-state index < -0.39 is 11.5 Å². The van der Waals surface area contributed by atoms with E-state index in [1.54, 1.807) is 22.0 Å². The van der Waals surface area contributed by atoms with Crippen molar-refractivity contribution < 1.29 is 9.59 Å². The Balaban J connectivity index is 1.70. The SMILES string of the molecule is Cc1ccc(C(C)(C)C(=O)NC2CCN(c3cnn(C)c3)C2=O)cc1. The molecule has 0 radical (unpaired) electrons. The number of aromatic nitrogens is 2. The van der Waals surface area contributed by atoms with E-state index in [1.807, 2.05) is 52.1 Å². The number of aryl methyl sites for hydroxylation is 2. The van der Waals surface area contributed by atoms with Crippen LogP contribution in [0.5, 0.6) is 0 Å². The molecule has 3 rings (SSSR count). The van der Waals surface area contributed by atoms with Crippen LogP contribution in [0, 0.1) is 6.92 Å². The Morgan fingerprint density at radius 2 is 1.96 bits per heavy atom. The van der Waals surface area contributed by atoms with Crippen molar-refractivity contribution in [3.63, 3.8) is 0 Å². The lowest BCUT2D eigenvalue weighted by Gasteiger charge is -2.26. The van der Waals surface area contributed by atoms with Crippen molar-refractivity contribution in [2.24, 2.45) is 7.05 Å². The normalized spacial score (nSPS) is 17.8. The molecule has 0 bridgehead atoms. The van der Waals surface area contributed by atoms with Gasteiger partial charge in [-0.3, -0.25) is 14.3 Å². The Hall–Kier alpha value is -2.63. The van der Waals surface area contributed by atoms with Crippen LogP contribution < -0.4 is 10.2 Å². The summed E-state index contributed by atoms with van der Waals surface area (Å²) in [6.45, 7) is 6.36. The summed E-state index contributed by atoms with van der Waals surface area (Å²) in [5, 5.41) is 7.03. The van der Waals surface area contributed by atoms with Crippen LogP contribution >= 0.6 is 0 Å². The lowest BCUT2D eigenvalue weighted by atomic mass is 9.83. The summed E-state index contributed by atoms with van der Waals surface area (Å²) in [7, 11) is 1.81. The molecule has 1 fully saturated rings. The number of rotatable bonds is 4. The van der Waals surface area contributed by atoms with Gasteiger partial charge in [-0.15, -0.1) is 0 Å². The van der Waals surface area contributed by atoms with E-state index in [-0.39, 0.29) is 11.8 Å². The average molecular weight is 340 g/mol. The van der Waals surface area contributed by atoms with Gasteiger partial charge in [0.2, 0.25) is 11.8 Å². The van der Waals surface area contributed by atoms with Crippen LogP contribution in [0.1, 0.15) is 31.4 Å². The van der Waals surface area contributed by atoms with Gasteiger partial charge in [-0.1, -0.05) is 29.8 Å². The molecule has 0 saturated carbocycles. The van der Waals surface area contributed by atoms with Crippen LogP contribution in [0.15, 0.2) is 36.7 Å². The van der Waals surface area contributed by atoms with Crippen LogP contribution in [0.3, 0.4) is 0 Å². The standard InChI is InChI=1S/C19H24N4O2/c1-13-5-7-14(8-6-13)19(2,3)18(25)21-16-9-10-23(17(16)24)15-11-20-22(4)12-15/h5-8,11-12,16H,9-10H2,1-4H3,(H,21,25). The molecule has 2 aromatic rings. The number of benzene rings is 1. The smallest absolute Gasteiger partial charge is 0.249 e. The van der Waals surface area contributed by atoms with Crippen LogP contribution in [-0.2, 0) is 22.1 Å².